The first-order valence-corrected chi connectivity index (χ1v) is 8.48. The fourth-order valence-electron chi connectivity index (χ4n) is 2.53. The maximum Gasteiger partial charge on any atom is 0.243 e. The van der Waals surface area contributed by atoms with Gasteiger partial charge in [0.25, 0.3) is 0 Å². The molecule has 0 bridgehead atoms. The molecular weight excluding hydrogens is 314 g/mol. The standard InChI is InChI=1S/C20H25N3O2/c1-3-15-8-7-11-17(12-15)23-18(24)13-22-20(25)14(2)19(21)16-9-5-4-6-10-16/h4-12,14,19H,3,13,21H2,1-2H3,(H,22,25)(H,23,24). The average Bonchev–Trinajstić information content (AvgIpc) is 2.65. The van der Waals surface area contributed by atoms with E-state index in [9.17, 15) is 9.59 Å². The zero-order valence-electron chi connectivity index (χ0n) is 14.7. The lowest BCUT2D eigenvalue weighted by Gasteiger charge is -2.19. The number of aryl methyl sites for hydroxylation is 1. The molecule has 0 heterocycles. The summed E-state index contributed by atoms with van der Waals surface area (Å²) in [4.78, 5) is 24.3. The lowest BCUT2D eigenvalue weighted by molar-refractivity contribution is -0.127. The highest BCUT2D eigenvalue weighted by molar-refractivity contribution is 5.94. The van der Waals surface area contributed by atoms with Crippen molar-refractivity contribution in [2.75, 3.05) is 11.9 Å². The molecule has 0 aliphatic carbocycles. The number of nitrogens with one attached hydrogen (secondary N) is 2. The normalized spacial score (nSPS) is 12.9. The van der Waals surface area contributed by atoms with Crippen molar-refractivity contribution in [2.24, 2.45) is 11.7 Å². The molecule has 0 fully saturated rings. The molecule has 5 heteroatoms. The summed E-state index contributed by atoms with van der Waals surface area (Å²) in [6.07, 6.45) is 0.898. The molecule has 2 rings (SSSR count). The van der Waals surface area contributed by atoms with Crippen molar-refractivity contribution in [3.63, 3.8) is 0 Å². The molecule has 2 atom stereocenters. The summed E-state index contributed by atoms with van der Waals surface area (Å²) in [5.74, 6) is -0.936. The van der Waals surface area contributed by atoms with E-state index in [0.717, 1.165) is 23.2 Å². The quantitative estimate of drug-likeness (QED) is 0.725. The first-order valence-electron chi connectivity index (χ1n) is 8.48. The predicted octanol–water partition coefficient (Wildman–Crippen LogP) is 2.64. The zero-order chi connectivity index (χ0) is 18.2. The first-order chi connectivity index (χ1) is 12.0. The molecule has 2 aromatic rings. The predicted molar refractivity (Wildman–Crippen MR) is 100.0 cm³/mol. The van der Waals surface area contributed by atoms with Gasteiger partial charge in [0.15, 0.2) is 0 Å². The van der Waals surface area contributed by atoms with Crippen molar-refractivity contribution in [3.05, 3.63) is 65.7 Å². The van der Waals surface area contributed by atoms with E-state index in [0.29, 0.717) is 0 Å². The Morgan fingerprint density at radius 3 is 2.48 bits per heavy atom. The largest absolute Gasteiger partial charge is 0.347 e. The molecule has 2 aromatic carbocycles. The Balaban J connectivity index is 1.85. The number of rotatable bonds is 7. The Morgan fingerprint density at radius 1 is 1.08 bits per heavy atom. The van der Waals surface area contributed by atoms with Crippen LogP contribution in [0.25, 0.3) is 0 Å². The summed E-state index contributed by atoms with van der Waals surface area (Å²) in [5, 5.41) is 5.44. The minimum Gasteiger partial charge on any atom is -0.347 e. The number of nitrogens with two attached hydrogens (primary N) is 1. The van der Waals surface area contributed by atoms with Crippen LogP contribution >= 0.6 is 0 Å². The Morgan fingerprint density at radius 2 is 1.80 bits per heavy atom. The molecule has 0 saturated heterocycles. The van der Waals surface area contributed by atoms with Gasteiger partial charge in [-0.25, -0.2) is 0 Å². The van der Waals surface area contributed by atoms with Gasteiger partial charge in [0.1, 0.15) is 0 Å². The molecule has 0 aliphatic heterocycles. The minimum absolute atomic E-state index is 0.0823. The Hall–Kier alpha value is -2.66. The average molecular weight is 339 g/mol. The monoisotopic (exact) mass is 339 g/mol. The Labute approximate surface area is 148 Å². The minimum atomic E-state index is -0.432. The molecule has 5 nitrogen and oxygen atoms in total. The van der Waals surface area contributed by atoms with Crippen LogP contribution in [0.5, 0.6) is 0 Å². The van der Waals surface area contributed by atoms with Gasteiger partial charge < -0.3 is 16.4 Å². The number of carbonyl (C=O) groups is 2. The van der Waals surface area contributed by atoms with Crippen molar-refractivity contribution in [1.29, 1.82) is 0 Å². The second-order valence-electron chi connectivity index (χ2n) is 6.05. The number of anilines is 1. The van der Waals surface area contributed by atoms with Gasteiger partial charge in [0.05, 0.1) is 12.5 Å². The van der Waals surface area contributed by atoms with E-state index < -0.39 is 12.0 Å². The van der Waals surface area contributed by atoms with Gasteiger partial charge in [0, 0.05) is 11.7 Å². The fraction of sp³-hybridized carbons (Fsp3) is 0.300. The third kappa shape index (κ3) is 5.43. The number of carbonyl (C=O) groups excluding carboxylic acids is 2. The van der Waals surface area contributed by atoms with Crippen LogP contribution in [0.1, 0.15) is 31.0 Å². The molecule has 132 valence electrons. The van der Waals surface area contributed by atoms with Crippen LogP contribution in [0.15, 0.2) is 54.6 Å². The molecule has 0 radical (unpaired) electrons. The van der Waals surface area contributed by atoms with E-state index in [-0.39, 0.29) is 18.4 Å². The molecule has 2 amide bonds. The summed E-state index contributed by atoms with van der Waals surface area (Å²) < 4.78 is 0. The van der Waals surface area contributed by atoms with Crippen molar-refractivity contribution in [1.82, 2.24) is 5.32 Å². The van der Waals surface area contributed by atoms with Crippen molar-refractivity contribution in [3.8, 4) is 0 Å². The van der Waals surface area contributed by atoms with Gasteiger partial charge in [-0.3, -0.25) is 9.59 Å². The van der Waals surface area contributed by atoms with Gasteiger partial charge >= 0.3 is 0 Å². The lowest BCUT2D eigenvalue weighted by Crippen LogP contribution is -2.39. The first kappa shape index (κ1) is 18.7. The number of hydrogen-bond acceptors (Lipinski definition) is 3. The van der Waals surface area contributed by atoms with E-state index in [1.165, 1.54) is 0 Å². The van der Waals surface area contributed by atoms with Gasteiger partial charge in [-0.1, -0.05) is 56.3 Å². The summed E-state index contributed by atoms with van der Waals surface area (Å²) in [7, 11) is 0. The topological polar surface area (TPSA) is 84.2 Å². The third-order valence-corrected chi connectivity index (χ3v) is 4.18. The van der Waals surface area contributed by atoms with Crippen molar-refractivity contribution in [2.45, 2.75) is 26.3 Å². The lowest BCUT2D eigenvalue weighted by atomic mass is 9.95. The van der Waals surface area contributed by atoms with Crippen LogP contribution in [0.4, 0.5) is 5.69 Å². The highest BCUT2D eigenvalue weighted by atomic mass is 16.2. The van der Waals surface area contributed by atoms with E-state index in [2.05, 4.69) is 17.6 Å². The number of amides is 2. The molecule has 0 aliphatic rings. The second-order valence-corrected chi connectivity index (χ2v) is 6.05. The van der Waals surface area contributed by atoms with Crippen LogP contribution in [-0.2, 0) is 16.0 Å². The van der Waals surface area contributed by atoms with Gasteiger partial charge in [-0.05, 0) is 29.7 Å². The molecular formula is C20H25N3O2. The fourth-order valence-corrected chi connectivity index (χ4v) is 2.53. The maximum atomic E-state index is 12.2. The van der Waals surface area contributed by atoms with E-state index in [1.807, 2.05) is 54.6 Å². The molecule has 0 saturated carbocycles. The van der Waals surface area contributed by atoms with E-state index in [4.69, 9.17) is 5.73 Å². The van der Waals surface area contributed by atoms with Gasteiger partial charge in [-0.2, -0.15) is 0 Å². The van der Waals surface area contributed by atoms with Crippen LogP contribution in [0.3, 0.4) is 0 Å². The third-order valence-electron chi connectivity index (χ3n) is 4.18. The molecule has 25 heavy (non-hydrogen) atoms. The molecule has 2 unspecified atom stereocenters. The Bertz CT molecular complexity index is 716. The number of benzene rings is 2. The molecule has 0 aromatic heterocycles. The molecule has 0 spiro atoms. The van der Waals surface area contributed by atoms with Gasteiger partial charge in [0.2, 0.25) is 11.8 Å². The Kier molecular flexibility index (Phi) is 6.71. The summed E-state index contributed by atoms with van der Waals surface area (Å²) in [6, 6.07) is 16.7. The van der Waals surface area contributed by atoms with Crippen LogP contribution in [0.2, 0.25) is 0 Å². The molecule has 4 N–H and O–H groups in total. The van der Waals surface area contributed by atoms with Crippen LogP contribution in [0, 0.1) is 5.92 Å². The summed E-state index contributed by atoms with van der Waals surface area (Å²) in [5.41, 5.74) is 8.91. The number of hydrogen-bond donors (Lipinski definition) is 3. The summed E-state index contributed by atoms with van der Waals surface area (Å²) in [6.45, 7) is 3.73. The highest BCUT2D eigenvalue weighted by Gasteiger charge is 2.22. The van der Waals surface area contributed by atoms with E-state index >= 15 is 0 Å². The van der Waals surface area contributed by atoms with Crippen LogP contribution in [-0.4, -0.2) is 18.4 Å². The zero-order valence-corrected chi connectivity index (χ0v) is 14.7. The second kappa shape index (κ2) is 8.99. The SMILES string of the molecule is CCc1cccc(NC(=O)CNC(=O)C(C)C(N)c2ccccc2)c1. The smallest absolute Gasteiger partial charge is 0.243 e. The van der Waals surface area contributed by atoms with Crippen molar-refractivity contribution < 1.29 is 9.59 Å². The van der Waals surface area contributed by atoms with Gasteiger partial charge in [-0.15, -0.1) is 0 Å². The summed E-state index contributed by atoms with van der Waals surface area (Å²) >= 11 is 0. The highest BCUT2D eigenvalue weighted by Crippen LogP contribution is 2.19. The van der Waals surface area contributed by atoms with Crippen LogP contribution < -0.4 is 16.4 Å². The van der Waals surface area contributed by atoms with E-state index in [1.54, 1.807) is 6.92 Å². The van der Waals surface area contributed by atoms with Crippen molar-refractivity contribution >= 4 is 17.5 Å². The maximum absolute atomic E-state index is 12.2.